The molecule has 14 heteroatoms. The predicted molar refractivity (Wildman–Crippen MR) is 183 cm³/mol. The van der Waals surface area contributed by atoms with Crippen molar-refractivity contribution in [1.82, 2.24) is 19.5 Å². The van der Waals surface area contributed by atoms with Gasteiger partial charge < -0.3 is 29.0 Å². The van der Waals surface area contributed by atoms with E-state index in [1.165, 1.54) is 6.33 Å². The number of anilines is 1. The Morgan fingerprint density at radius 2 is 1.64 bits per heavy atom. The smallest absolute Gasteiger partial charge is 0.354 e. The van der Waals surface area contributed by atoms with Crippen LogP contribution in [-0.2, 0) is 27.8 Å². The van der Waals surface area contributed by atoms with Gasteiger partial charge in [0.1, 0.15) is 24.1 Å². The first-order valence-corrected chi connectivity index (χ1v) is 18.6. The van der Waals surface area contributed by atoms with E-state index in [4.69, 9.17) is 34.0 Å². The summed E-state index contributed by atoms with van der Waals surface area (Å²) in [6.07, 6.45) is 2.03. The minimum atomic E-state index is -3.60. The molecule has 2 aliphatic rings. The van der Waals surface area contributed by atoms with E-state index in [2.05, 4.69) is 15.0 Å². The Kier molecular flexibility index (Phi) is 10.4. The summed E-state index contributed by atoms with van der Waals surface area (Å²) in [4.78, 5) is 18.0. The van der Waals surface area contributed by atoms with E-state index in [-0.39, 0.29) is 31.5 Å². The molecule has 2 aliphatic heterocycles. The third-order valence-corrected chi connectivity index (χ3v) is 11.4. The summed E-state index contributed by atoms with van der Waals surface area (Å²) < 4.78 is 47.0. The molecular weight excluding hydrogens is 639 g/mol. The monoisotopic (exact) mass is 680 g/mol. The number of benzene rings is 2. The molecule has 4 aromatic rings. The van der Waals surface area contributed by atoms with Gasteiger partial charge in [0.15, 0.2) is 29.3 Å². The summed E-state index contributed by atoms with van der Waals surface area (Å²) >= 11 is 1.67. The van der Waals surface area contributed by atoms with E-state index in [1.807, 2.05) is 92.9 Å². The Hall–Kier alpha value is -3.16. The van der Waals surface area contributed by atoms with Crippen molar-refractivity contribution in [3.8, 4) is 0 Å². The molecule has 250 valence electrons. The third-order valence-electron chi connectivity index (χ3n) is 7.94. The Morgan fingerprint density at radius 3 is 2.28 bits per heavy atom. The van der Waals surface area contributed by atoms with Gasteiger partial charge >= 0.3 is 7.60 Å². The van der Waals surface area contributed by atoms with Crippen LogP contribution in [0.15, 0.2) is 78.3 Å². The number of nitrogens with zero attached hydrogens (tertiary/aromatic N) is 5. The number of thioether (sulfide) groups is 1. The van der Waals surface area contributed by atoms with Gasteiger partial charge in [-0.2, -0.15) is 11.8 Å². The molecule has 0 radical (unpaired) electrons. The predicted octanol–water partition coefficient (Wildman–Crippen LogP) is 6.08. The lowest BCUT2D eigenvalue weighted by atomic mass is 10.0. The number of hydrogen-bond acceptors (Lipinski definition) is 12. The molecule has 47 heavy (non-hydrogen) atoms. The number of fused-ring (bicyclic) bond motifs is 2. The van der Waals surface area contributed by atoms with Crippen LogP contribution in [0, 0.1) is 0 Å². The zero-order valence-electron chi connectivity index (χ0n) is 27.0. The maximum atomic E-state index is 14.2. The highest BCUT2D eigenvalue weighted by Crippen LogP contribution is 2.55. The van der Waals surface area contributed by atoms with Crippen molar-refractivity contribution in [2.75, 3.05) is 30.5 Å². The minimum absolute atomic E-state index is 0.245. The van der Waals surface area contributed by atoms with Gasteiger partial charge in [-0.05, 0) is 39.9 Å². The molecule has 0 aliphatic carbocycles. The molecule has 2 aromatic heterocycles. The summed E-state index contributed by atoms with van der Waals surface area (Å²) in [6, 6.07) is 19.8. The van der Waals surface area contributed by atoms with E-state index >= 15 is 0 Å². The summed E-state index contributed by atoms with van der Waals surface area (Å²) in [5.41, 5.74) is 9.70. The van der Waals surface area contributed by atoms with E-state index in [1.54, 1.807) is 18.1 Å². The first-order chi connectivity index (χ1) is 22.7. The number of rotatable bonds is 14. The molecule has 0 bridgehead atoms. The highest BCUT2D eigenvalue weighted by Gasteiger charge is 2.56. The molecule has 2 fully saturated rings. The summed E-state index contributed by atoms with van der Waals surface area (Å²) in [5.74, 6) is 0.0318. The summed E-state index contributed by atoms with van der Waals surface area (Å²) in [7, 11) is -3.60. The van der Waals surface area contributed by atoms with Crippen molar-refractivity contribution in [1.29, 1.82) is 0 Å². The van der Waals surface area contributed by atoms with Crippen molar-refractivity contribution >= 4 is 42.1 Å². The van der Waals surface area contributed by atoms with Gasteiger partial charge in [-0.15, -0.1) is 0 Å². The van der Waals surface area contributed by atoms with Crippen molar-refractivity contribution < 1.29 is 27.8 Å². The minimum Gasteiger partial charge on any atom is -0.382 e. The van der Waals surface area contributed by atoms with Gasteiger partial charge in [0.2, 0.25) is 0 Å². The maximum Gasteiger partial charge on any atom is 0.354 e. The van der Waals surface area contributed by atoms with E-state index in [0.717, 1.165) is 16.8 Å². The zero-order chi connectivity index (χ0) is 33.0. The fraction of sp³-hybridized carbons (Fsp3) is 0.455. The van der Waals surface area contributed by atoms with Gasteiger partial charge in [-0.1, -0.05) is 60.7 Å². The number of ether oxygens (including phenoxy) is 3. The van der Waals surface area contributed by atoms with Crippen LogP contribution in [0.4, 0.5) is 5.82 Å². The van der Waals surface area contributed by atoms with Crippen LogP contribution < -0.4 is 5.73 Å². The lowest BCUT2D eigenvalue weighted by Crippen LogP contribution is -2.31. The molecule has 4 heterocycles. The second-order valence-electron chi connectivity index (χ2n) is 11.6. The van der Waals surface area contributed by atoms with Crippen LogP contribution in [0.25, 0.3) is 11.2 Å². The average Bonchev–Trinajstić information content (AvgIpc) is 3.73. The SMILES string of the molecule is CCOP(=O)(OCC)C(CCSC[C@H]1O[C@@H](n2cnc3c(N)ncnc32)[C@@H]2OC(C)(C)O[C@@H]21)N=C(c1ccccc1)c1ccccc1. The summed E-state index contributed by atoms with van der Waals surface area (Å²) in [5, 5.41) is 0. The fourth-order valence-corrected chi connectivity index (χ4v) is 9.05. The third kappa shape index (κ3) is 7.31. The van der Waals surface area contributed by atoms with Crippen LogP contribution in [0.3, 0.4) is 0 Å². The topological polar surface area (TPSA) is 145 Å². The second-order valence-corrected chi connectivity index (χ2v) is 15.0. The van der Waals surface area contributed by atoms with Gasteiger partial charge in [0.05, 0.1) is 31.4 Å². The number of aromatic nitrogens is 4. The van der Waals surface area contributed by atoms with Crippen molar-refractivity contribution in [3.63, 3.8) is 0 Å². The van der Waals surface area contributed by atoms with E-state index in [0.29, 0.717) is 34.9 Å². The lowest BCUT2D eigenvalue weighted by Gasteiger charge is -2.26. The Labute approximate surface area is 279 Å². The molecule has 6 rings (SSSR count). The van der Waals surface area contributed by atoms with Crippen LogP contribution in [-0.4, -0.2) is 79.8 Å². The molecule has 2 N–H and O–H groups in total. The largest absolute Gasteiger partial charge is 0.382 e. The normalized spacial score (nSPS) is 22.7. The van der Waals surface area contributed by atoms with Gasteiger partial charge in [-0.3, -0.25) is 14.1 Å². The quantitative estimate of drug-likeness (QED) is 0.0940. The van der Waals surface area contributed by atoms with Crippen LogP contribution in [0.5, 0.6) is 0 Å². The molecule has 1 unspecified atom stereocenters. The zero-order valence-corrected chi connectivity index (χ0v) is 28.7. The molecular formula is C33H41N6O6PS. The first kappa shape index (κ1) is 33.7. The van der Waals surface area contributed by atoms with Crippen LogP contribution in [0.1, 0.15) is 51.5 Å². The van der Waals surface area contributed by atoms with Crippen molar-refractivity contribution in [3.05, 3.63) is 84.4 Å². The van der Waals surface area contributed by atoms with Crippen molar-refractivity contribution in [2.45, 2.75) is 70.2 Å². The summed E-state index contributed by atoms with van der Waals surface area (Å²) in [6.45, 7) is 7.92. The number of hydrogen-bond donors (Lipinski definition) is 1. The Morgan fingerprint density at radius 1 is 1.00 bits per heavy atom. The number of nitrogens with two attached hydrogens (primary N) is 1. The highest BCUT2D eigenvalue weighted by molar-refractivity contribution is 7.99. The Balaban J connectivity index is 1.22. The first-order valence-electron chi connectivity index (χ1n) is 15.8. The molecule has 5 atom stereocenters. The van der Waals surface area contributed by atoms with Crippen molar-refractivity contribution in [2.24, 2.45) is 4.99 Å². The standard InChI is InChI=1S/C33H41N6O6PS/c1-5-41-46(40,42-6-2)25(38-26(22-13-9-7-10-14-22)23-15-11-8-12-16-23)17-18-47-19-24-28-29(45-33(3,4)44-28)32(43-24)39-21-37-27-30(34)35-20-36-31(27)39/h7-16,20-21,24-25,28-29,32H,5-6,17-19H2,1-4H3,(H2,34,35,36)/t24-,25?,28-,29-,32-/m1/s1. The second kappa shape index (κ2) is 14.5. The highest BCUT2D eigenvalue weighted by atomic mass is 32.2. The van der Waals surface area contributed by atoms with Crippen LogP contribution >= 0.6 is 19.4 Å². The molecule has 0 saturated carbocycles. The molecule has 12 nitrogen and oxygen atoms in total. The van der Waals surface area contributed by atoms with Gasteiger partial charge in [0, 0.05) is 16.9 Å². The molecule has 2 aromatic carbocycles. The number of nitrogen functional groups attached to an aromatic ring is 1. The fourth-order valence-electron chi connectivity index (χ4n) is 5.98. The molecule has 2 saturated heterocycles. The lowest BCUT2D eigenvalue weighted by molar-refractivity contribution is -0.193. The average molecular weight is 681 g/mol. The van der Waals surface area contributed by atoms with Gasteiger partial charge in [0.25, 0.3) is 0 Å². The number of aliphatic imine (C=N–C) groups is 1. The molecule has 0 spiro atoms. The van der Waals surface area contributed by atoms with E-state index < -0.39 is 25.4 Å². The maximum absolute atomic E-state index is 14.2. The molecule has 0 amide bonds. The number of imidazole rings is 1. The van der Waals surface area contributed by atoms with Gasteiger partial charge in [-0.25, -0.2) is 15.0 Å². The Bertz CT molecular complexity index is 1670. The van der Waals surface area contributed by atoms with E-state index in [9.17, 15) is 4.57 Å². The van der Waals surface area contributed by atoms with Crippen LogP contribution in [0.2, 0.25) is 0 Å².